The molecule has 12 heavy (non-hydrogen) atoms. The lowest BCUT2D eigenvalue weighted by Gasteiger charge is -2.26. The highest BCUT2D eigenvalue weighted by atomic mass is 19.1. The van der Waals surface area contributed by atoms with Crippen molar-refractivity contribution in [3.05, 3.63) is 23.6 Å². The van der Waals surface area contributed by atoms with Crippen molar-refractivity contribution in [2.75, 3.05) is 0 Å². The number of halogens is 1. The van der Waals surface area contributed by atoms with Gasteiger partial charge in [0.2, 0.25) is 0 Å². The maximum atomic E-state index is 13.0. The van der Waals surface area contributed by atoms with E-state index in [-0.39, 0.29) is 17.8 Å². The Bertz CT molecular complexity index is 228. The molecule has 1 nitrogen and oxygen atoms in total. The van der Waals surface area contributed by atoms with Crippen LogP contribution < -0.4 is 5.73 Å². The quantitative estimate of drug-likeness (QED) is 0.641. The van der Waals surface area contributed by atoms with Crippen LogP contribution >= 0.6 is 0 Å². The standard InChI is InChI=1S/C10H16FN/c1-6(2)8-4-7(3)9(11)5-10(8)12/h4-6,8,10H,12H2,1-3H3. The third-order valence-electron chi connectivity index (χ3n) is 2.37. The molecule has 68 valence electrons. The zero-order valence-corrected chi connectivity index (χ0v) is 7.84. The van der Waals surface area contributed by atoms with Crippen molar-refractivity contribution in [1.82, 2.24) is 0 Å². The Hall–Kier alpha value is -0.630. The summed E-state index contributed by atoms with van der Waals surface area (Å²) in [5.74, 6) is 0.586. The molecule has 1 aliphatic carbocycles. The summed E-state index contributed by atoms with van der Waals surface area (Å²) in [6.45, 7) is 5.99. The van der Waals surface area contributed by atoms with Crippen LogP contribution in [0.25, 0.3) is 0 Å². The molecular weight excluding hydrogens is 153 g/mol. The zero-order valence-electron chi connectivity index (χ0n) is 7.84. The molecule has 2 heteroatoms. The Morgan fingerprint density at radius 2 is 2.00 bits per heavy atom. The molecule has 0 aromatic rings. The summed E-state index contributed by atoms with van der Waals surface area (Å²) < 4.78 is 13.0. The van der Waals surface area contributed by atoms with Gasteiger partial charge in [0.05, 0.1) is 0 Å². The van der Waals surface area contributed by atoms with Crippen LogP contribution in [0.4, 0.5) is 4.39 Å². The van der Waals surface area contributed by atoms with Crippen LogP contribution in [0, 0.1) is 11.8 Å². The summed E-state index contributed by atoms with van der Waals surface area (Å²) in [5, 5.41) is 0. The van der Waals surface area contributed by atoms with Crippen molar-refractivity contribution < 1.29 is 4.39 Å². The first-order chi connectivity index (χ1) is 5.52. The van der Waals surface area contributed by atoms with E-state index in [1.54, 1.807) is 6.92 Å². The predicted octanol–water partition coefficient (Wildman–Crippen LogP) is 2.40. The molecule has 0 spiro atoms. The van der Waals surface area contributed by atoms with E-state index in [0.29, 0.717) is 5.92 Å². The molecule has 0 saturated carbocycles. The zero-order chi connectivity index (χ0) is 9.30. The molecule has 0 amide bonds. The monoisotopic (exact) mass is 169 g/mol. The molecule has 0 aromatic carbocycles. The van der Waals surface area contributed by atoms with Gasteiger partial charge in [0.1, 0.15) is 5.83 Å². The maximum Gasteiger partial charge on any atom is 0.123 e. The maximum absolute atomic E-state index is 13.0. The highest BCUT2D eigenvalue weighted by Gasteiger charge is 2.22. The molecule has 0 bridgehead atoms. The molecule has 2 atom stereocenters. The second kappa shape index (κ2) is 3.40. The highest BCUT2D eigenvalue weighted by molar-refractivity contribution is 5.30. The fraction of sp³-hybridized carbons (Fsp3) is 0.600. The predicted molar refractivity (Wildman–Crippen MR) is 49.3 cm³/mol. The van der Waals surface area contributed by atoms with Gasteiger partial charge in [-0.3, -0.25) is 0 Å². The minimum Gasteiger partial charge on any atom is -0.324 e. The molecule has 1 aliphatic rings. The first-order valence-electron chi connectivity index (χ1n) is 4.34. The van der Waals surface area contributed by atoms with Crippen LogP contribution in [-0.2, 0) is 0 Å². The second-order valence-corrected chi connectivity index (χ2v) is 3.76. The van der Waals surface area contributed by atoms with Gasteiger partial charge in [0.25, 0.3) is 0 Å². The minimum absolute atomic E-state index is 0.159. The lowest BCUT2D eigenvalue weighted by molar-refractivity contribution is 0.411. The topological polar surface area (TPSA) is 26.0 Å². The van der Waals surface area contributed by atoms with Crippen LogP contribution in [0.3, 0.4) is 0 Å². The van der Waals surface area contributed by atoms with E-state index in [1.165, 1.54) is 6.08 Å². The van der Waals surface area contributed by atoms with E-state index in [0.717, 1.165) is 5.57 Å². The largest absolute Gasteiger partial charge is 0.324 e. The van der Waals surface area contributed by atoms with Gasteiger partial charge < -0.3 is 5.73 Å². The fourth-order valence-corrected chi connectivity index (χ4v) is 1.53. The molecule has 0 fully saturated rings. The fourth-order valence-electron chi connectivity index (χ4n) is 1.53. The number of nitrogens with two attached hydrogens (primary N) is 1. The van der Waals surface area contributed by atoms with E-state index in [9.17, 15) is 4.39 Å². The van der Waals surface area contributed by atoms with Gasteiger partial charge in [0, 0.05) is 6.04 Å². The van der Waals surface area contributed by atoms with Gasteiger partial charge in [-0.2, -0.15) is 0 Å². The third kappa shape index (κ3) is 1.75. The lowest BCUT2D eigenvalue weighted by Crippen LogP contribution is -2.32. The smallest absolute Gasteiger partial charge is 0.123 e. The average molecular weight is 169 g/mol. The van der Waals surface area contributed by atoms with Crippen LogP contribution in [0.2, 0.25) is 0 Å². The van der Waals surface area contributed by atoms with Gasteiger partial charge in [-0.05, 0) is 30.4 Å². The van der Waals surface area contributed by atoms with E-state index in [4.69, 9.17) is 5.73 Å². The number of rotatable bonds is 1. The summed E-state index contributed by atoms with van der Waals surface area (Å²) >= 11 is 0. The first kappa shape index (κ1) is 9.46. The minimum atomic E-state index is -0.167. The highest BCUT2D eigenvalue weighted by Crippen LogP contribution is 2.27. The van der Waals surface area contributed by atoms with Gasteiger partial charge >= 0.3 is 0 Å². The molecule has 0 aliphatic heterocycles. The Morgan fingerprint density at radius 3 is 2.50 bits per heavy atom. The van der Waals surface area contributed by atoms with Gasteiger partial charge in [0.15, 0.2) is 0 Å². The summed E-state index contributed by atoms with van der Waals surface area (Å²) in [6.07, 6.45) is 3.45. The normalized spacial score (nSPS) is 30.2. The summed E-state index contributed by atoms with van der Waals surface area (Å²) in [5.41, 5.74) is 6.49. The van der Waals surface area contributed by atoms with Crippen LogP contribution in [0.5, 0.6) is 0 Å². The Balaban J connectivity index is 2.84. The first-order valence-corrected chi connectivity index (χ1v) is 4.34. The Labute approximate surface area is 73.1 Å². The van der Waals surface area contributed by atoms with E-state index < -0.39 is 0 Å². The molecule has 0 saturated heterocycles. The van der Waals surface area contributed by atoms with E-state index in [2.05, 4.69) is 13.8 Å². The van der Waals surface area contributed by atoms with Crippen molar-refractivity contribution in [2.24, 2.45) is 17.6 Å². The van der Waals surface area contributed by atoms with Crippen molar-refractivity contribution in [2.45, 2.75) is 26.8 Å². The summed E-state index contributed by atoms with van der Waals surface area (Å²) in [7, 11) is 0. The van der Waals surface area contributed by atoms with Crippen LogP contribution in [-0.4, -0.2) is 6.04 Å². The molecule has 0 heterocycles. The Morgan fingerprint density at radius 1 is 1.42 bits per heavy atom. The van der Waals surface area contributed by atoms with Crippen molar-refractivity contribution in [1.29, 1.82) is 0 Å². The molecule has 2 N–H and O–H groups in total. The molecular formula is C10H16FN. The lowest BCUT2D eigenvalue weighted by atomic mass is 9.84. The molecule has 2 unspecified atom stereocenters. The van der Waals surface area contributed by atoms with Gasteiger partial charge in [-0.1, -0.05) is 19.9 Å². The van der Waals surface area contributed by atoms with Crippen LogP contribution in [0.1, 0.15) is 20.8 Å². The van der Waals surface area contributed by atoms with Gasteiger partial charge in [-0.15, -0.1) is 0 Å². The van der Waals surface area contributed by atoms with Crippen molar-refractivity contribution in [3.63, 3.8) is 0 Å². The molecule has 1 rings (SSSR count). The summed E-state index contributed by atoms with van der Waals surface area (Å²) in [4.78, 5) is 0. The molecule has 0 radical (unpaired) electrons. The van der Waals surface area contributed by atoms with E-state index >= 15 is 0 Å². The van der Waals surface area contributed by atoms with Gasteiger partial charge in [-0.25, -0.2) is 4.39 Å². The summed E-state index contributed by atoms with van der Waals surface area (Å²) in [6, 6.07) is -0.159. The SMILES string of the molecule is CC1=CC(C(C)C)C(N)C=C1F. The third-order valence-corrected chi connectivity index (χ3v) is 2.37. The number of hydrogen-bond acceptors (Lipinski definition) is 1. The number of allylic oxidation sites excluding steroid dienone is 2. The van der Waals surface area contributed by atoms with Crippen LogP contribution in [0.15, 0.2) is 23.6 Å². The van der Waals surface area contributed by atoms with Crippen molar-refractivity contribution in [3.8, 4) is 0 Å². The average Bonchev–Trinajstić information content (AvgIpc) is 1.96. The molecule has 0 aromatic heterocycles. The Kier molecular flexibility index (Phi) is 2.68. The van der Waals surface area contributed by atoms with Crippen molar-refractivity contribution >= 4 is 0 Å². The second-order valence-electron chi connectivity index (χ2n) is 3.76. The number of hydrogen-bond donors (Lipinski definition) is 1. The van der Waals surface area contributed by atoms with E-state index in [1.807, 2.05) is 6.08 Å².